The Morgan fingerprint density at radius 3 is 2.52 bits per heavy atom. The van der Waals surface area contributed by atoms with Gasteiger partial charge in [0.25, 0.3) is 0 Å². The van der Waals surface area contributed by atoms with Crippen LogP contribution >= 0.6 is 12.2 Å². The van der Waals surface area contributed by atoms with Crippen molar-refractivity contribution in [2.45, 2.75) is 52.4 Å². The smallest absolute Gasteiger partial charge is 0.174 e. The maximum Gasteiger partial charge on any atom is 0.174 e. The number of nitrogens with one attached hydrogen (secondary N) is 1. The third-order valence-electron chi connectivity index (χ3n) is 3.98. The molecule has 1 aliphatic carbocycles. The van der Waals surface area contributed by atoms with E-state index in [1.54, 1.807) is 0 Å². The fourth-order valence-electron chi connectivity index (χ4n) is 2.34. The Morgan fingerprint density at radius 1 is 1.24 bits per heavy atom. The van der Waals surface area contributed by atoms with E-state index in [0.717, 1.165) is 27.9 Å². The molecule has 134 valence electrons. The summed E-state index contributed by atoms with van der Waals surface area (Å²) in [6, 6.07) is 9.45. The minimum Gasteiger partial charge on any atom is -0.486 e. The second-order valence-electron chi connectivity index (χ2n) is 6.68. The SMILES string of the molecule is CC(NC(=S)C1CC1)Oc1ccc(OCc2cc(C(C)C)no2)cc1. The van der Waals surface area contributed by atoms with Gasteiger partial charge >= 0.3 is 0 Å². The lowest BCUT2D eigenvalue weighted by Gasteiger charge is -2.18. The Balaban J connectivity index is 1.46. The number of thiocarbonyl (C=S) groups is 1. The molecule has 3 rings (SSSR count). The highest BCUT2D eigenvalue weighted by Crippen LogP contribution is 2.30. The van der Waals surface area contributed by atoms with Crippen molar-refractivity contribution in [3.63, 3.8) is 0 Å². The average molecular weight is 360 g/mol. The standard InChI is InChI=1S/C19H24N2O3S/c1-12(2)18-10-17(24-21-18)11-22-15-6-8-16(9-7-15)23-13(3)20-19(25)14-4-5-14/h6-10,12-14H,4-5,11H2,1-3H3,(H,20,25). The lowest BCUT2D eigenvalue weighted by Crippen LogP contribution is -2.36. The van der Waals surface area contributed by atoms with Gasteiger partial charge in [-0.2, -0.15) is 0 Å². The molecule has 0 bridgehead atoms. The molecule has 1 heterocycles. The lowest BCUT2D eigenvalue weighted by atomic mass is 10.1. The largest absolute Gasteiger partial charge is 0.486 e. The van der Waals surface area contributed by atoms with Gasteiger partial charge in [0.1, 0.15) is 18.1 Å². The zero-order valence-electron chi connectivity index (χ0n) is 14.8. The highest BCUT2D eigenvalue weighted by molar-refractivity contribution is 7.80. The molecule has 1 aromatic heterocycles. The zero-order valence-corrected chi connectivity index (χ0v) is 15.6. The van der Waals surface area contributed by atoms with Gasteiger partial charge in [-0.3, -0.25) is 0 Å². The van der Waals surface area contributed by atoms with Crippen molar-refractivity contribution in [3.8, 4) is 11.5 Å². The van der Waals surface area contributed by atoms with Crippen LogP contribution < -0.4 is 14.8 Å². The highest BCUT2D eigenvalue weighted by atomic mass is 32.1. The monoisotopic (exact) mass is 360 g/mol. The molecule has 0 spiro atoms. The number of aromatic nitrogens is 1. The molecular weight excluding hydrogens is 336 g/mol. The third kappa shape index (κ3) is 5.19. The van der Waals surface area contributed by atoms with Crippen LogP contribution in [0.3, 0.4) is 0 Å². The van der Waals surface area contributed by atoms with E-state index in [2.05, 4.69) is 24.3 Å². The number of hydrogen-bond acceptors (Lipinski definition) is 5. The molecule has 5 nitrogen and oxygen atoms in total. The van der Waals surface area contributed by atoms with Crippen LogP contribution in [0.1, 0.15) is 51.0 Å². The molecule has 1 unspecified atom stereocenters. The summed E-state index contributed by atoms with van der Waals surface area (Å²) in [7, 11) is 0. The van der Waals surface area contributed by atoms with Crippen molar-refractivity contribution in [3.05, 3.63) is 41.8 Å². The predicted octanol–water partition coefficient (Wildman–Crippen LogP) is 4.43. The molecule has 2 aromatic rings. The molecule has 25 heavy (non-hydrogen) atoms. The zero-order chi connectivity index (χ0) is 17.8. The summed E-state index contributed by atoms with van der Waals surface area (Å²) in [5.74, 6) is 3.13. The summed E-state index contributed by atoms with van der Waals surface area (Å²) >= 11 is 5.33. The fourth-order valence-corrected chi connectivity index (χ4v) is 2.74. The first-order valence-corrected chi connectivity index (χ1v) is 9.07. The van der Waals surface area contributed by atoms with Crippen LogP contribution in [-0.2, 0) is 6.61 Å². The first kappa shape index (κ1) is 17.7. The third-order valence-corrected chi connectivity index (χ3v) is 4.43. The van der Waals surface area contributed by atoms with E-state index in [-0.39, 0.29) is 6.23 Å². The van der Waals surface area contributed by atoms with Gasteiger partial charge in [-0.05, 0) is 49.9 Å². The maximum atomic E-state index is 5.83. The number of hydrogen-bond donors (Lipinski definition) is 1. The summed E-state index contributed by atoms with van der Waals surface area (Å²) in [5.41, 5.74) is 0.938. The van der Waals surface area contributed by atoms with E-state index >= 15 is 0 Å². The van der Waals surface area contributed by atoms with E-state index in [0.29, 0.717) is 18.4 Å². The number of rotatable bonds is 8. The topological polar surface area (TPSA) is 56.5 Å². The van der Waals surface area contributed by atoms with Crippen molar-refractivity contribution in [1.82, 2.24) is 10.5 Å². The fraction of sp³-hybridized carbons (Fsp3) is 0.474. The Morgan fingerprint density at radius 2 is 1.92 bits per heavy atom. The van der Waals surface area contributed by atoms with Gasteiger partial charge in [-0.15, -0.1) is 0 Å². The second-order valence-corrected chi connectivity index (χ2v) is 7.12. The van der Waals surface area contributed by atoms with Crippen molar-refractivity contribution in [1.29, 1.82) is 0 Å². The van der Waals surface area contributed by atoms with Crippen LogP contribution in [0.2, 0.25) is 0 Å². The van der Waals surface area contributed by atoms with Crippen molar-refractivity contribution < 1.29 is 14.0 Å². The Kier molecular flexibility index (Phi) is 5.58. The van der Waals surface area contributed by atoms with E-state index in [9.17, 15) is 0 Å². The summed E-state index contributed by atoms with van der Waals surface area (Å²) in [4.78, 5) is 0.903. The molecule has 6 heteroatoms. The van der Waals surface area contributed by atoms with Gasteiger partial charge in [-0.25, -0.2) is 0 Å². The van der Waals surface area contributed by atoms with Crippen LogP contribution in [-0.4, -0.2) is 16.4 Å². The first-order chi connectivity index (χ1) is 12.0. The quantitative estimate of drug-likeness (QED) is 0.555. The van der Waals surface area contributed by atoms with Crippen molar-refractivity contribution in [2.24, 2.45) is 5.92 Å². The number of nitrogens with zero attached hydrogens (tertiary/aromatic N) is 1. The summed E-state index contributed by atoms with van der Waals surface area (Å²) in [6.07, 6.45) is 2.23. The van der Waals surface area contributed by atoms with Crippen LogP contribution in [0, 0.1) is 5.92 Å². The molecule has 1 fully saturated rings. The Bertz CT molecular complexity index is 708. The van der Waals surface area contributed by atoms with Gasteiger partial charge in [0.2, 0.25) is 0 Å². The molecular formula is C19H24N2O3S. The normalized spacial score (nSPS) is 15.0. The van der Waals surface area contributed by atoms with Crippen LogP contribution in [0.5, 0.6) is 11.5 Å². The Labute approximate surface area is 153 Å². The summed E-state index contributed by atoms with van der Waals surface area (Å²) in [5, 5.41) is 7.24. The Hall–Kier alpha value is -2.08. The molecule has 0 saturated heterocycles. The van der Waals surface area contributed by atoms with Gasteiger partial charge < -0.3 is 19.3 Å². The number of ether oxygens (including phenoxy) is 2. The van der Waals surface area contributed by atoms with E-state index in [1.807, 2.05) is 37.3 Å². The molecule has 1 aliphatic rings. The van der Waals surface area contributed by atoms with Gasteiger partial charge in [0.15, 0.2) is 12.0 Å². The van der Waals surface area contributed by atoms with Crippen LogP contribution in [0.4, 0.5) is 0 Å². The van der Waals surface area contributed by atoms with E-state index in [4.69, 9.17) is 26.2 Å². The molecule has 1 aromatic carbocycles. The van der Waals surface area contributed by atoms with Gasteiger partial charge in [0, 0.05) is 12.0 Å². The van der Waals surface area contributed by atoms with Gasteiger partial charge in [0.05, 0.1) is 10.7 Å². The van der Waals surface area contributed by atoms with Gasteiger partial charge in [-0.1, -0.05) is 31.2 Å². The van der Waals surface area contributed by atoms with Crippen molar-refractivity contribution in [2.75, 3.05) is 0 Å². The highest BCUT2D eigenvalue weighted by Gasteiger charge is 2.27. The molecule has 1 saturated carbocycles. The molecule has 1 atom stereocenters. The van der Waals surface area contributed by atoms with Crippen LogP contribution in [0.25, 0.3) is 0 Å². The van der Waals surface area contributed by atoms with E-state index in [1.165, 1.54) is 12.8 Å². The molecule has 1 N–H and O–H groups in total. The minimum atomic E-state index is -0.150. The summed E-state index contributed by atoms with van der Waals surface area (Å²) < 4.78 is 16.8. The summed E-state index contributed by atoms with van der Waals surface area (Å²) in [6.45, 7) is 6.46. The number of benzene rings is 1. The first-order valence-electron chi connectivity index (χ1n) is 8.66. The van der Waals surface area contributed by atoms with Crippen LogP contribution in [0.15, 0.2) is 34.9 Å². The molecule has 0 amide bonds. The molecule has 0 aliphatic heterocycles. The van der Waals surface area contributed by atoms with Crippen molar-refractivity contribution >= 4 is 17.2 Å². The minimum absolute atomic E-state index is 0.150. The maximum absolute atomic E-state index is 5.83. The predicted molar refractivity (Wildman–Crippen MR) is 99.9 cm³/mol. The molecule has 0 radical (unpaired) electrons. The van der Waals surface area contributed by atoms with E-state index < -0.39 is 0 Å². The lowest BCUT2D eigenvalue weighted by molar-refractivity contribution is 0.206. The second kappa shape index (κ2) is 7.87. The average Bonchev–Trinajstić information content (AvgIpc) is 3.32.